The molecule has 1 aliphatic rings. The number of rotatable bonds is 18. The summed E-state index contributed by atoms with van der Waals surface area (Å²) < 4.78 is 76.1. The van der Waals surface area contributed by atoms with Crippen molar-refractivity contribution in [3.05, 3.63) is 0 Å². The molecule has 1 heterocycles. The van der Waals surface area contributed by atoms with E-state index in [1.54, 1.807) is 0 Å². The number of amides is 8. The lowest BCUT2D eigenvalue weighted by Crippen LogP contribution is -2.63. The molecule has 0 spiro atoms. The summed E-state index contributed by atoms with van der Waals surface area (Å²) in [6.45, 7) is 28.0. The molecule has 0 saturated carbocycles. The quantitative estimate of drug-likeness (QED) is 0.0711. The summed E-state index contributed by atoms with van der Waals surface area (Å²) in [7, 11) is 0.956. The minimum Gasteiger partial charge on any atom is -0.461 e. The molecule has 8 amide bonds. The molecule has 1 aliphatic heterocycles. The summed E-state index contributed by atoms with van der Waals surface area (Å²) in [5.41, 5.74) is -9.98. The van der Waals surface area contributed by atoms with E-state index in [0.717, 1.165) is 7.11 Å². The molecule has 89 heavy (non-hydrogen) atoms. The number of carbonyl (C=O) groups excluding carboxylic acids is 12. The Morgan fingerprint density at radius 1 is 0.303 bits per heavy atom. The normalized spacial score (nSPS) is 17.4. The van der Waals surface area contributed by atoms with Crippen molar-refractivity contribution in [3.8, 4) is 0 Å². The largest absolute Gasteiger partial charge is 0.461 e. The van der Waals surface area contributed by atoms with E-state index in [-0.39, 0.29) is 20.3 Å². The van der Waals surface area contributed by atoms with E-state index in [1.165, 1.54) is 166 Å². The number of imide groups is 4. The molecular weight excluding hydrogens is 1200 g/mol. The summed E-state index contributed by atoms with van der Waals surface area (Å²) in [6.07, 6.45) is -22.6. The monoisotopic (exact) mass is 1290 g/mol. The maximum atomic E-state index is 14.2. The summed E-state index contributed by atoms with van der Waals surface area (Å²) in [4.78, 5) is 183. The molecule has 0 aliphatic carbocycles. The van der Waals surface area contributed by atoms with Gasteiger partial charge in [-0.15, -0.1) is 0 Å². The second-order valence-electron chi connectivity index (χ2n) is 26.9. The summed E-state index contributed by atoms with van der Waals surface area (Å²) >= 11 is 0. The Hall–Kier alpha value is -7.40. The topological polar surface area (TPSA) is 384 Å². The van der Waals surface area contributed by atoms with Crippen molar-refractivity contribution in [2.24, 2.45) is 0 Å². The van der Waals surface area contributed by atoms with Crippen LogP contribution < -0.4 is 0 Å². The Morgan fingerprint density at radius 3 is 0.719 bits per heavy atom. The molecule has 0 aromatic rings. The molecule has 5 atom stereocenters. The lowest BCUT2D eigenvalue weighted by atomic mass is 9.98. The minimum atomic E-state index is -2.34. The number of carbonyl (C=O) groups is 12. The van der Waals surface area contributed by atoms with Gasteiger partial charge >= 0.3 is 72.6 Å². The maximum Gasteiger partial charge on any atom is 0.444 e. The Morgan fingerprint density at radius 2 is 0.506 bits per heavy atom. The number of esters is 4. The average Bonchev–Trinajstić information content (AvgIpc) is 1.46. The van der Waals surface area contributed by atoms with Crippen LogP contribution in [0.25, 0.3) is 0 Å². The van der Waals surface area contributed by atoms with Gasteiger partial charge < -0.3 is 66.3 Å². The highest BCUT2D eigenvalue weighted by molar-refractivity contribution is 5.89. The summed E-state index contributed by atoms with van der Waals surface area (Å²) in [5.74, 6) is -6.14. The fraction of sp³-hybridized carbons (Fsp3) is 0.782. The zero-order valence-electron chi connectivity index (χ0n) is 55.5. The van der Waals surface area contributed by atoms with Gasteiger partial charge in [-0.1, -0.05) is 20.3 Å². The number of nitrogens with zero attached hydrogens (tertiary/aromatic N) is 4. The lowest BCUT2D eigenvalue weighted by Gasteiger charge is -2.43. The Bertz CT molecular complexity index is 2390. The Balaban J connectivity index is 4.22. The zero-order chi connectivity index (χ0) is 69.4. The van der Waals surface area contributed by atoms with Crippen molar-refractivity contribution in [2.75, 3.05) is 40.1 Å². The van der Waals surface area contributed by atoms with E-state index in [1.807, 2.05) is 0 Å². The van der Waals surface area contributed by atoms with Gasteiger partial charge in [0.05, 0.1) is 0 Å². The standard InChI is InChI=1S/C55H90N4O30/c1-48(2,3)82-40(64)56(41(65)83-49(4,5)6)74-27-32(60)73-26-31-36(79-33(61)28-75-57(42(66)84-50(7,8)9)43(67)85-51(10,11)12)37(80-34(62)29-76-58(44(68)86-52(13,14)15)45(69)87-53(16,17)18)38(39(72-25)78-31)81-35(63)30-77-59(46(70)88-54(19,20)21)47(71)89-55(22,23)24/h31,36-39H,26-30H2,1-25H3/t31-,36+,37+,38-,39+/m1/s1. The van der Waals surface area contributed by atoms with E-state index in [4.69, 9.17) is 85.7 Å². The number of hydroxylamine groups is 8. The Labute approximate surface area is 516 Å². The highest BCUT2D eigenvalue weighted by atomic mass is 16.8. The number of methoxy groups -OCH3 is 1. The average molecular weight is 1290 g/mol. The predicted molar refractivity (Wildman–Crippen MR) is 297 cm³/mol. The molecule has 0 unspecified atom stereocenters. The van der Waals surface area contributed by atoms with Gasteiger partial charge in [-0.25, -0.2) is 76.9 Å². The van der Waals surface area contributed by atoms with E-state index in [9.17, 15) is 57.5 Å². The molecule has 0 aromatic carbocycles. The molecule has 0 bridgehead atoms. The van der Waals surface area contributed by atoms with Gasteiger partial charge in [-0.05, 0) is 166 Å². The molecule has 0 aromatic heterocycles. The van der Waals surface area contributed by atoms with Crippen LogP contribution in [0.5, 0.6) is 0 Å². The van der Waals surface area contributed by atoms with Crippen LogP contribution in [-0.4, -0.2) is 209 Å². The van der Waals surface area contributed by atoms with Gasteiger partial charge in [-0.3, -0.25) is 0 Å². The highest BCUT2D eigenvalue weighted by Gasteiger charge is 2.54. The molecule has 1 rings (SSSR count). The molecule has 0 N–H and O–H groups in total. The predicted octanol–water partition coefficient (Wildman–Crippen LogP) is 8.05. The smallest absolute Gasteiger partial charge is 0.444 e. The van der Waals surface area contributed by atoms with Crippen LogP contribution >= 0.6 is 0 Å². The van der Waals surface area contributed by atoms with Crippen molar-refractivity contribution in [1.29, 1.82) is 0 Å². The highest BCUT2D eigenvalue weighted by Crippen LogP contribution is 2.31. The molecular formula is C55H90N4O30. The van der Waals surface area contributed by atoms with E-state index in [0.29, 0.717) is 0 Å². The van der Waals surface area contributed by atoms with Gasteiger partial charge in [0.15, 0.2) is 51.0 Å². The van der Waals surface area contributed by atoms with E-state index in [2.05, 4.69) is 0 Å². The SMILES string of the molecule is CO[C@H]1O[C@H](COC(=O)CON(C(=O)OC(C)(C)C)C(=O)OC(C)(C)C)[C@H](OC(=O)CON(C(=O)OC(C)(C)C)C(=O)OC(C)(C)C)[C@H](OC(=O)CON(C(=O)OC(C)(C)C)C(=O)OC(C)(C)C)[C@H]1OC(=O)CON(C(=O)OC(C)(C)C)C(=O)OC(C)(C)C. The van der Waals surface area contributed by atoms with Crippen LogP contribution in [0.1, 0.15) is 166 Å². The third-order valence-corrected chi connectivity index (χ3v) is 8.76. The summed E-state index contributed by atoms with van der Waals surface area (Å²) in [5, 5.41) is -0.185. The van der Waals surface area contributed by atoms with Gasteiger partial charge in [-0.2, -0.15) is 0 Å². The number of ether oxygens (including phenoxy) is 14. The molecule has 34 heteroatoms. The molecule has 510 valence electrons. The number of hydrogen-bond acceptors (Lipinski definition) is 30. The lowest BCUT2D eigenvalue weighted by molar-refractivity contribution is -0.306. The van der Waals surface area contributed by atoms with Crippen molar-refractivity contribution in [3.63, 3.8) is 0 Å². The second kappa shape index (κ2) is 31.9. The fourth-order valence-electron chi connectivity index (χ4n) is 5.99. The van der Waals surface area contributed by atoms with Crippen LogP contribution in [-0.2, 0) is 105 Å². The molecule has 1 saturated heterocycles. The first-order valence-corrected chi connectivity index (χ1v) is 27.5. The summed E-state index contributed by atoms with van der Waals surface area (Å²) in [6, 6.07) is 0. The first-order chi connectivity index (χ1) is 40.0. The second-order valence-corrected chi connectivity index (χ2v) is 26.9. The van der Waals surface area contributed by atoms with Crippen LogP contribution in [0.3, 0.4) is 0 Å². The maximum absolute atomic E-state index is 14.2. The van der Waals surface area contributed by atoms with Crippen LogP contribution in [0, 0.1) is 0 Å². The van der Waals surface area contributed by atoms with Crippen LogP contribution in [0.2, 0.25) is 0 Å². The van der Waals surface area contributed by atoms with Crippen molar-refractivity contribution < 1.29 is 143 Å². The van der Waals surface area contributed by atoms with Crippen molar-refractivity contribution in [2.45, 2.75) is 242 Å². The van der Waals surface area contributed by atoms with Gasteiger partial charge in [0.2, 0.25) is 0 Å². The third kappa shape index (κ3) is 32.6. The zero-order valence-corrected chi connectivity index (χ0v) is 55.5. The minimum absolute atomic E-state index is 0.00846. The van der Waals surface area contributed by atoms with Crippen molar-refractivity contribution in [1.82, 2.24) is 20.3 Å². The van der Waals surface area contributed by atoms with Gasteiger partial charge in [0, 0.05) is 7.11 Å². The van der Waals surface area contributed by atoms with E-state index >= 15 is 0 Å². The third-order valence-electron chi connectivity index (χ3n) is 8.76. The van der Waals surface area contributed by atoms with Gasteiger partial charge in [0.1, 0.15) is 57.5 Å². The first-order valence-electron chi connectivity index (χ1n) is 27.5. The van der Waals surface area contributed by atoms with Crippen molar-refractivity contribution >= 4 is 72.6 Å². The Kier molecular flexibility index (Phi) is 28.5. The van der Waals surface area contributed by atoms with Gasteiger partial charge in [0.25, 0.3) is 0 Å². The number of hydrogen-bond donors (Lipinski definition) is 0. The van der Waals surface area contributed by atoms with Crippen LogP contribution in [0.15, 0.2) is 0 Å². The first kappa shape index (κ1) is 79.6. The molecule has 1 fully saturated rings. The fourth-order valence-corrected chi connectivity index (χ4v) is 5.99. The molecule has 34 nitrogen and oxygen atoms in total. The van der Waals surface area contributed by atoms with E-state index < -0.39 is 181 Å². The van der Waals surface area contributed by atoms with Crippen LogP contribution in [0.4, 0.5) is 38.4 Å². The molecule has 0 radical (unpaired) electrons.